The molecule has 0 aliphatic heterocycles. The lowest BCUT2D eigenvalue weighted by molar-refractivity contribution is 0.594. The van der Waals surface area contributed by atoms with Gasteiger partial charge < -0.3 is 0 Å². The molecule has 0 N–H and O–H groups in total. The Hall–Kier alpha value is 0.380. The maximum absolute atomic E-state index is 2.77. The zero-order valence-corrected chi connectivity index (χ0v) is 11.3. The third-order valence-corrected chi connectivity index (χ3v) is 2.27. The third-order valence-electron chi connectivity index (χ3n) is 1.77. The molecule has 0 nitrogen and oxygen atoms in total. The molecule has 0 aliphatic carbocycles. The van der Waals surface area contributed by atoms with E-state index in [-0.39, 0.29) is 29.4 Å². The molecule has 0 amide bonds. The first-order valence-corrected chi connectivity index (χ1v) is 4.44. The third kappa shape index (κ3) is 3.02. The summed E-state index contributed by atoms with van der Waals surface area (Å²) in [6.07, 6.45) is 0. The van der Waals surface area contributed by atoms with Crippen LogP contribution in [0.15, 0.2) is 24.3 Å². The fourth-order valence-electron chi connectivity index (χ4n) is 1.18. The fourth-order valence-corrected chi connectivity index (χ4v) is 1.82. The highest BCUT2D eigenvalue weighted by Crippen LogP contribution is 2.20. The van der Waals surface area contributed by atoms with Crippen LogP contribution in [0.1, 0.15) is 26.3 Å². The van der Waals surface area contributed by atoms with Gasteiger partial charge in [0.25, 0.3) is 0 Å². The molecule has 0 aliphatic rings. The minimum Gasteiger partial charge on any atom is -0.107 e. The first-order valence-electron chi connectivity index (χ1n) is 3.87. The van der Waals surface area contributed by atoms with Gasteiger partial charge in [-0.25, -0.2) is 0 Å². The molecule has 1 unspecified atom stereocenters. The van der Waals surface area contributed by atoms with E-state index in [0.29, 0.717) is 0 Å². The molecule has 0 heterocycles. The number of benzene rings is 1. The largest absolute Gasteiger partial charge is 0.107 e. The smallest absolute Gasteiger partial charge is 0.0126 e. The Bertz CT molecular complexity index is 250. The van der Waals surface area contributed by atoms with E-state index in [2.05, 4.69) is 54.3 Å². The summed E-state index contributed by atoms with van der Waals surface area (Å²) in [6, 6.07) is 8.47. The van der Waals surface area contributed by atoms with Crippen molar-refractivity contribution >= 4 is 38.5 Å². The van der Waals surface area contributed by atoms with Crippen LogP contribution in [0.5, 0.6) is 0 Å². The first kappa shape index (κ1) is 12.4. The van der Waals surface area contributed by atoms with Gasteiger partial charge in [-0.3, -0.25) is 0 Å². The first-order chi connectivity index (χ1) is 5.02. The Balaban J connectivity index is 0.00000121. The van der Waals surface area contributed by atoms with Gasteiger partial charge in [0.05, 0.1) is 0 Å². The van der Waals surface area contributed by atoms with Crippen LogP contribution in [0.4, 0.5) is 0 Å². The molecular weight excluding hydrogens is 278 g/mol. The van der Waals surface area contributed by atoms with E-state index in [4.69, 9.17) is 0 Å². The van der Waals surface area contributed by atoms with Gasteiger partial charge in [-0.1, -0.05) is 45.0 Å². The molecule has 0 aromatic heterocycles. The summed E-state index contributed by atoms with van der Waals surface area (Å²) in [4.78, 5) is 0. The van der Waals surface area contributed by atoms with E-state index >= 15 is 0 Å². The van der Waals surface area contributed by atoms with Crippen molar-refractivity contribution < 1.29 is 0 Å². The van der Waals surface area contributed by atoms with Crippen molar-refractivity contribution in [3.8, 4) is 0 Å². The minimum atomic E-state index is 0. The van der Waals surface area contributed by atoms with Crippen LogP contribution in [0, 0.1) is 0 Å². The van der Waals surface area contributed by atoms with Crippen LogP contribution >= 0.6 is 33.2 Å². The Kier molecular flexibility index (Phi) is 4.71. The van der Waals surface area contributed by atoms with Crippen molar-refractivity contribution in [3.63, 3.8) is 0 Å². The highest BCUT2D eigenvalue weighted by Gasteiger charge is 2.14. The predicted molar refractivity (Wildman–Crippen MR) is 69.9 cm³/mol. The van der Waals surface area contributed by atoms with Crippen molar-refractivity contribution in [3.05, 3.63) is 29.8 Å². The van der Waals surface area contributed by atoms with Crippen LogP contribution < -0.4 is 5.30 Å². The van der Waals surface area contributed by atoms with Gasteiger partial charge in [-0.2, -0.15) is 0 Å². The monoisotopic (exact) mass is 294 g/mol. The maximum Gasteiger partial charge on any atom is -0.0126 e. The van der Waals surface area contributed by atoms with E-state index < -0.39 is 0 Å². The van der Waals surface area contributed by atoms with E-state index in [0.717, 1.165) is 0 Å². The molecule has 2 heteroatoms. The average Bonchev–Trinajstić information content (AvgIpc) is 1.86. The van der Waals surface area contributed by atoms with E-state index in [9.17, 15) is 0 Å². The standard InChI is InChI=1S/C10H15P.HI/c1-10(2,3)8-6-4-5-7-9(8)11;/h4-7H,11H2,1-3H3;1H. The van der Waals surface area contributed by atoms with Crippen LogP contribution in [0.25, 0.3) is 0 Å². The zero-order chi connectivity index (χ0) is 8.48. The van der Waals surface area contributed by atoms with Crippen molar-refractivity contribution in [2.75, 3.05) is 0 Å². The molecule has 1 atom stereocenters. The van der Waals surface area contributed by atoms with E-state index in [1.54, 1.807) is 0 Å². The molecule has 1 aromatic carbocycles. The maximum atomic E-state index is 2.77. The SMILES string of the molecule is CC(C)(C)c1ccccc1P.I. The molecule has 0 fully saturated rings. The summed E-state index contributed by atoms with van der Waals surface area (Å²) >= 11 is 0. The molecule has 0 saturated heterocycles. The second-order valence-corrected chi connectivity index (χ2v) is 4.46. The number of halogens is 1. The lowest BCUT2D eigenvalue weighted by Gasteiger charge is -2.20. The van der Waals surface area contributed by atoms with E-state index in [1.165, 1.54) is 10.9 Å². The van der Waals surface area contributed by atoms with Gasteiger partial charge in [-0.05, 0) is 16.3 Å². The highest BCUT2D eigenvalue weighted by molar-refractivity contribution is 14.0. The van der Waals surface area contributed by atoms with Crippen LogP contribution in [-0.2, 0) is 5.41 Å². The zero-order valence-electron chi connectivity index (χ0n) is 7.79. The lowest BCUT2D eigenvalue weighted by Crippen LogP contribution is -2.18. The summed E-state index contributed by atoms with van der Waals surface area (Å²) < 4.78 is 0. The summed E-state index contributed by atoms with van der Waals surface area (Å²) in [7, 11) is 2.77. The van der Waals surface area contributed by atoms with E-state index in [1.807, 2.05) is 0 Å². The normalized spacial score (nSPS) is 10.7. The molecule has 0 radical (unpaired) electrons. The lowest BCUT2D eigenvalue weighted by atomic mass is 9.87. The molecule has 68 valence electrons. The van der Waals surface area contributed by atoms with Gasteiger partial charge in [-0.15, -0.1) is 33.2 Å². The number of hydrogen-bond acceptors (Lipinski definition) is 0. The quantitative estimate of drug-likeness (QED) is 0.509. The Morgan fingerprint density at radius 3 is 1.92 bits per heavy atom. The van der Waals surface area contributed by atoms with Crippen LogP contribution in [0.3, 0.4) is 0 Å². The fraction of sp³-hybridized carbons (Fsp3) is 0.400. The average molecular weight is 294 g/mol. The van der Waals surface area contributed by atoms with Gasteiger partial charge in [0.15, 0.2) is 0 Å². The molecular formula is C10H16IP. The summed E-state index contributed by atoms with van der Waals surface area (Å²) in [5, 5.41) is 1.31. The predicted octanol–water partition coefficient (Wildman–Crippen LogP) is 3.10. The Morgan fingerprint density at radius 1 is 1.08 bits per heavy atom. The van der Waals surface area contributed by atoms with Crippen LogP contribution in [-0.4, -0.2) is 0 Å². The van der Waals surface area contributed by atoms with Crippen molar-refractivity contribution in [2.45, 2.75) is 26.2 Å². The molecule has 0 saturated carbocycles. The topological polar surface area (TPSA) is 0 Å². The second kappa shape index (κ2) is 4.57. The Morgan fingerprint density at radius 2 is 1.58 bits per heavy atom. The van der Waals surface area contributed by atoms with Crippen LogP contribution in [0.2, 0.25) is 0 Å². The number of rotatable bonds is 0. The number of hydrogen-bond donors (Lipinski definition) is 0. The van der Waals surface area contributed by atoms with Crippen molar-refractivity contribution in [2.24, 2.45) is 0 Å². The minimum absolute atomic E-state index is 0. The summed E-state index contributed by atoms with van der Waals surface area (Å²) in [5.74, 6) is 0. The van der Waals surface area contributed by atoms with Crippen molar-refractivity contribution in [1.29, 1.82) is 0 Å². The second-order valence-electron chi connectivity index (χ2n) is 3.84. The molecule has 0 spiro atoms. The van der Waals surface area contributed by atoms with Gasteiger partial charge in [0, 0.05) is 0 Å². The molecule has 0 bridgehead atoms. The highest BCUT2D eigenvalue weighted by atomic mass is 127. The van der Waals surface area contributed by atoms with Crippen molar-refractivity contribution in [1.82, 2.24) is 0 Å². The molecule has 1 aromatic rings. The van der Waals surface area contributed by atoms with Gasteiger partial charge >= 0.3 is 0 Å². The van der Waals surface area contributed by atoms with Gasteiger partial charge in [0.2, 0.25) is 0 Å². The Labute approximate surface area is 94.4 Å². The summed E-state index contributed by atoms with van der Waals surface area (Å²) in [6.45, 7) is 6.70. The molecule has 12 heavy (non-hydrogen) atoms. The summed E-state index contributed by atoms with van der Waals surface area (Å²) in [5.41, 5.74) is 1.67. The van der Waals surface area contributed by atoms with Gasteiger partial charge in [0.1, 0.15) is 0 Å². The molecule has 1 rings (SSSR count).